The van der Waals surface area contributed by atoms with Gasteiger partial charge in [0.1, 0.15) is 96.3 Å². The summed E-state index contributed by atoms with van der Waals surface area (Å²) in [6, 6.07) is 7.17. The Kier molecular flexibility index (Phi) is 82.0. The number of ether oxygens (including phenoxy) is 6. The van der Waals surface area contributed by atoms with Crippen LogP contribution in [-0.2, 0) is 242 Å². The molecular formula is C40H42N2Na14O64S16. The molecule has 96 heteroatoms. The average Bonchev–Trinajstić information content (AvgIpc) is 0.755. The van der Waals surface area contributed by atoms with E-state index >= 15 is 0 Å². The molecule has 0 spiro atoms. The minimum atomic E-state index is -6.63. The summed E-state index contributed by atoms with van der Waals surface area (Å²) >= 11 is -0.0478. The maximum Gasteiger partial charge on any atom is 1.00 e. The number of hydrogen-bond acceptors (Lipinski definition) is 66. The van der Waals surface area contributed by atoms with Gasteiger partial charge in [0.15, 0.2) is 24.8 Å². The van der Waals surface area contributed by atoms with Crippen LogP contribution in [0.1, 0.15) is 12.8 Å². The van der Waals surface area contributed by atoms with Crippen molar-refractivity contribution in [3.8, 4) is 0 Å². The molecule has 2 aromatic rings. The van der Waals surface area contributed by atoms with Crippen LogP contribution in [-0.4, -0.2) is 341 Å². The molecule has 2 N–H and O–H groups in total. The van der Waals surface area contributed by atoms with Crippen LogP contribution in [0.2, 0.25) is 0 Å². The minimum absolute atomic E-state index is 0. The van der Waals surface area contributed by atoms with Crippen molar-refractivity contribution in [3.05, 3.63) is 48.5 Å². The summed E-state index contributed by atoms with van der Waals surface area (Å²) in [5.74, 6) is -2.15. The maximum atomic E-state index is 13.2. The van der Waals surface area contributed by atoms with Crippen molar-refractivity contribution in [3.63, 3.8) is 0 Å². The number of thioether (sulfide) groups is 2. The predicted molar refractivity (Wildman–Crippen MR) is 344 cm³/mol. The van der Waals surface area contributed by atoms with Crippen LogP contribution >= 0.6 is 23.5 Å². The van der Waals surface area contributed by atoms with Gasteiger partial charge in [-0.25, -0.2) is 118 Å². The quantitative estimate of drug-likeness (QED) is 0.0353. The molecule has 4 fully saturated rings. The van der Waals surface area contributed by atoms with Crippen LogP contribution < -0.4 is 424 Å². The van der Waals surface area contributed by atoms with Gasteiger partial charge in [-0.15, -0.1) is 0 Å². The van der Waals surface area contributed by atoms with E-state index in [1.54, 1.807) is 0 Å². The SMILES string of the molecule is O=C(CCC(=O)Nc1ccc(S[C@@H]2O[C@H](COS(=O)(=O)[O-])[C@@H](O[C@H]3O[C@H](COS(=O)(=O)[O-])[C@@H](OS(=O)(=O)[O-])[C@H](OS(=O)(=O)[O-])[C@H]3OS(=O)(=O)[O-])[C@H](OS(=O)(=O)[O-])[C@H]2OS(=O)(=O)[O-])cc1)Nc1ccc(S[C@@H]2O[C@H](COS(=O)(=O)[O-])[C@@H](O[C@H]3O[C@H](COS(=O)(=O)[O-])[C@@H](OS(=O)(=O)[O-])[C@H](OS(=O)(=O)[O-])[C@H]3OS(=O)(=O)[O-])[C@H](OS(=O)(=O)[O-])[C@H]2OS(=O)(=O)[O-])cc1.[Na+].[Na+].[Na+].[Na+].[Na+].[Na+].[Na+].[Na+].[Na+].[Na+].[Na+].[Na+].[Na+].[Na+]. The Labute approximate surface area is 1090 Å². The van der Waals surface area contributed by atoms with E-state index in [2.05, 4.69) is 69.2 Å². The third-order valence-corrected chi connectivity index (χ3v) is 22.7. The molecule has 0 bridgehead atoms. The number of benzene rings is 2. The van der Waals surface area contributed by atoms with E-state index in [1.165, 1.54) is 0 Å². The maximum absolute atomic E-state index is 13.2. The summed E-state index contributed by atoms with van der Waals surface area (Å²) in [5, 5.41) is 4.46. The van der Waals surface area contributed by atoms with Gasteiger partial charge in [-0.3, -0.25) is 68.2 Å². The van der Waals surface area contributed by atoms with E-state index in [1.807, 2.05) is 0 Å². The Bertz CT molecular complexity index is 5480. The number of amides is 2. The van der Waals surface area contributed by atoms with Crippen molar-refractivity contribution >= 4 is 192 Å². The summed E-state index contributed by atoms with van der Waals surface area (Å²) in [6.07, 6.45) is -61.7. The summed E-state index contributed by atoms with van der Waals surface area (Å²) < 4.78 is 592. The largest absolute Gasteiger partial charge is 1.00 e. The molecule has 0 unspecified atom stereocenters. The normalized spacial score (nSPS) is 25.8. The smallest absolute Gasteiger partial charge is 0.726 e. The summed E-state index contributed by atoms with van der Waals surface area (Å²) in [4.78, 5) is 25.5. The Morgan fingerprint density at radius 1 is 0.243 bits per heavy atom. The fourth-order valence-corrected chi connectivity index (χ4v) is 18.8. The number of nitrogens with one attached hydrogen (secondary N) is 2. The fourth-order valence-electron chi connectivity index (χ4n) is 10.3. The first-order valence-corrected chi connectivity index (χ1v) is 50.2. The average molecular weight is 2410 g/mol. The molecule has 66 nitrogen and oxygen atoms in total. The third kappa shape index (κ3) is 64.9. The molecule has 706 valence electrons. The van der Waals surface area contributed by atoms with Gasteiger partial charge in [0, 0.05) is 34.0 Å². The number of carbonyl (C=O) groups is 2. The van der Waals surface area contributed by atoms with Crippen LogP contribution in [0.5, 0.6) is 0 Å². The molecule has 20 atom stereocenters. The molecule has 6 rings (SSSR count). The van der Waals surface area contributed by atoms with E-state index in [0.717, 1.165) is 48.5 Å². The van der Waals surface area contributed by atoms with Crippen molar-refractivity contribution < 1.29 is 692 Å². The molecule has 4 saturated heterocycles. The molecule has 4 heterocycles. The first-order valence-electron chi connectivity index (χ1n) is 29.8. The Hall–Kier alpha value is 10.0. The van der Waals surface area contributed by atoms with E-state index < -0.39 is 328 Å². The van der Waals surface area contributed by atoms with Crippen molar-refractivity contribution in [1.29, 1.82) is 0 Å². The molecule has 0 aromatic heterocycles. The summed E-state index contributed by atoms with van der Waals surface area (Å²) in [7, 11) is -90.1. The second-order valence-electron chi connectivity index (χ2n) is 22.7. The van der Waals surface area contributed by atoms with Crippen molar-refractivity contribution in [2.75, 3.05) is 37.1 Å². The van der Waals surface area contributed by atoms with E-state index in [4.69, 9.17) is 28.4 Å². The van der Waals surface area contributed by atoms with Crippen LogP contribution in [0.3, 0.4) is 0 Å². The van der Waals surface area contributed by atoms with Crippen LogP contribution in [0.15, 0.2) is 58.3 Å². The van der Waals surface area contributed by atoms with Crippen molar-refractivity contribution in [1.82, 2.24) is 0 Å². The van der Waals surface area contributed by atoms with E-state index in [-0.39, 0.29) is 449 Å². The van der Waals surface area contributed by atoms with Crippen LogP contribution in [0, 0.1) is 0 Å². The van der Waals surface area contributed by atoms with E-state index in [9.17, 15) is 191 Å². The molecule has 0 aliphatic carbocycles. The number of carbonyl (C=O) groups excluding carboxylic acids is 2. The number of rotatable bonds is 45. The molecule has 2 amide bonds. The van der Waals surface area contributed by atoms with Gasteiger partial charge in [0.2, 0.25) is 157 Å². The fraction of sp³-hybridized carbons (Fsp3) is 0.650. The monoisotopic (exact) mass is 2410 g/mol. The van der Waals surface area contributed by atoms with Gasteiger partial charge >= 0.3 is 414 Å². The predicted octanol–water partition coefficient (Wildman–Crippen LogP) is -54.7. The van der Waals surface area contributed by atoms with Crippen LogP contribution in [0.4, 0.5) is 11.4 Å². The first-order chi connectivity index (χ1) is 54.9. The van der Waals surface area contributed by atoms with Gasteiger partial charge in [0.25, 0.3) is 0 Å². The second kappa shape index (κ2) is 68.2. The molecule has 0 saturated carbocycles. The van der Waals surface area contributed by atoms with E-state index in [0.29, 0.717) is 0 Å². The van der Waals surface area contributed by atoms with Gasteiger partial charge in [-0.2, -0.15) is 0 Å². The van der Waals surface area contributed by atoms with Gasteiger partial charge in [0.05, 0.1) is 26.4 Å². The topological polar surface area (TPSA) is 1040 Å². The van der Waals surface area contributed by atoms with Crippen LogP contribution in [0.25, 0.3) is 0 Å². The summed E-state index contributed by atoms with van der Waals surface area (Å²) in [5.41, 5.74) is -5.76. The zero-order chi connectivity index (χ0) is 92.9. The van der Waals surface area contributed by atoms with Gasteiger partial charge < -0.3 is 103 Å². The first kappa shape index (κ1) is 164. The standard InChI is InChI=1S/C40H56N2O64S16.14Na/c43-23(41-15-1-5-17(6-2-15)107-39-35(105-121(81,82)83)29(99-115(63,64)65)25(19(93-39)11-87-109(45,46)47)95-37-33(103-119(75,76)77)31(101-117(69,70)71)27(97-113(57,58)59)21(91-37)13-89-111(51,52)53)9-10-24(44)42-16-3-7-18(8-4-16)108-40-36(106-122(84,85)86)30(100-116(66,67)68)26(20(94-40)12-88-110(48,49)50)96-38-34(104-120(78,79)80)32(102-118(72,73)74)28(98-114(60,61)62)22(92-38)14-90-112(54,55)56;;;;;;;;;;;;;;/h1-8,19-22,25-40H,9-14H2,(H,41,43)(H,42,44)(H,45,46,47)(H,48,49,50)(H,51,52,53)(H,54,55,56)(H,57,58,59)(H,60,61,62)(H,63,64,65)(H,66,67,68)(H,69,70,71)(H,72,73,74)(H,75,76,77)(H,78,79,80)(H,81,82,83)(H,84,85,86);;;;;;;;;;;;;;/q;14*+1/p-14/t19-,20-,21-,22-,25-,26-,27-,28-,29+,30+,31+,32+,33-,34-,35-,36-,37-,38-,39+,40+;;;;;;;;;;;;;;/m1............../s1. The number of anilines is 2. The summed E-state index contributed by atoms with van der Waals surface area (Å²) in [6.45, 7) is -8.29. The second-order valence-corrected chi connectivity index (χ2v) is 39.4. The molecule has 4 aliphatic heterocycles. The zero-order valence-corrected chi connectivity index (χ0v) is 112. The molecule has 136 heavy (non-hydrogen) atoms. The molecule has 0 radical (unpaired) electrons. The minimum Gasteiger partial charge on any atom is -0.726 e. The van der Waals surface area contributed by atoms with Crippen molar-refractivity contribution in [2.24, 2.45) is 0 Å². The third-order valence-electron chi connectivity index (χ3n) is 14.1. The van der Waals surface area contributed by atoms with Crippen molar-refractivity contribution in [2.45, 2.75) is 144 Å². The van der Waals surface area contributed by atoms with Gasteiger partial charge in [-0.05, 0) is 48.5 Å². The van der Waals surface area contributed by atoms with Gasteiger partial charge in [-0.1, -0.05) is 23.5 Å². The zero-order valence-electron chi connectivity index (χ0n) is 71.1. The number of hydrogen-bond donors (Lipinski definition) is 2. The molecule has 2 aromatic carbocycles. The Balaban J connectivity index is -0.00000165. The Morgan fingerprint density at radius 3 is 0.618 bits per heavy atom. The molecule has 4 aliphatic rings. The molecular weight excluding hydrogens is 2370 g/mol. The Morgan fingerprint density at radius 2 is 0.419 bits per heavy atom.